The molecule has 0 radical (unpaired) electrons. The van der Waals surface area contributed by atoms with Crippen molar-refractivity contribution in [3.63, 3.8) is 0 Å². The van der Waals surface area contributed by atoms with Gasteiger partial charge in [0.25, 0.3) is 0 Å². The molecule has 31 heavy (non-hydrogen) atoms. The zero-order valence-electron chi connectivity index (χ0n) is 17.2. The first-order chi connectivity index (χ1) is 14.9. The van der Waals surface area contributed by atoms with E-state index in [9.17, 15) is 14.7 Å². The quantitative estimate of drug-likeness (QED) is 0.346. The highest BCUT2D eigenvalue weighted by atomic mass is 35.5. The van der Waals surface area contributed by atoms with Gasteiger partial charge in [-0.15, -0.1) is 0 Å². The number of nitrogens with zero attached hydrogens (tertiary/aromatic N) is 2. The maximum atomic E-state index is 12.6. The molecule has 6 nitrogen and oxygen atoms in total. The molecule has 0 aliphatic carbocycles. The molecule has 1 N–H and O–H groups in total. The molecule has 0 spiro atoms. The molecule has 1 saturated heterocycles. The lowest BCUT2D eigenvalue weighted by Gasteiger charge is -2.37. The van der Waals surface area contributed by atoms with Crippen molar-refractivity contribution in [3.8, 4) is 0 Å². The van der Waals surface area contributed by atoms with Gasteiger partial charge >= 0.3 is 11.9 Å². The number of esters is 1. The standard InChI is InChI=1S/C22H23ClN2O4S2/c1-14-6-5-10-24-21(14)31-30-18-9-11-25(13-15(18)12-19(26)27)20(22(28)29-2)16-7-3-4-8-17(16)23/h3-8,10,12,18,20H,9,11,13H2,1-2H3,(H,26,27)/b15-12-. The lowest BCUT2D eigenvalue weighted by molar-refractivity contribution is -0.147. The Morgan fingerprint density at radius 2 is 2.10 bits per heavy atom. The first-order valence-corrected chi connectivity index (χ1v) is 12.2. The maximum Gasteiger partial charge on any atom is 0.328 e. The Hall–Kier alpha value is -2.00. The van der Waals surface area contributed by atoms with Gasteiger partial charge in [0.15, 0.2) is 0 Å². The molecule has 2 unspecified atom stereocenters. The van der Waals surface area contributed by atoms with E-state index in [1.807, 2.05) is 30.0 Å². The van der Waals surface area contributed by atoms with Crippen molar-refractivity contribution < 1.29 is 19.4 Å². The number of carboxylic acid groups (broad SMARTS) is 1. The summed E-state index contributed by atoms with van der Waals surface area (Å²) in [5.41, 5.74) is 2.46. The summed E-state index contributed by atoms with van der Waals surface area (Å²) in [5, 5.41) is 10.8. The molecular formula is C22H23ClN2O4S2. The van der Waals surface area contributed by atoms with Gasteiger partial charge in [0.1, 0.15) is 11.1 Å². The van der Waals surface area contributed by atoms with Gasteiger partial charge in [-0.3, -0.25) is 4.90 Å². The number of carbonyl (C=O) groups excluding carboxylic acids is 1. The third-order valence-corrected chi connectivity index (χ3v) is 8.24. The highest BCUT2D eigenvalue weighted by Gasteiger charge is 2.35. The number of aliphatic carboxylic acids is 1. The average molecular weight is 479 g/mol. The van der Waals surface area contributed by atoms with Crippen LogP contribution in [-0.4, -0.2) is 52.4 Å². The molecule has 3 rings (SSSR count). The number of hydrogen-bond donors (Lipinski definition) is 1. The van der Waals surface area contributed by atoms with Crippen LogP contribution in [0.1, 0.15) is 23.6 Å². The van der Waals surface area contributed by atoms with Crippen LogP contribution in [0.3, 0.4) is 0 Å². The summed E-state index contributed by atoms with van der Waals surface area (Å²) >= 11 is 6.36. The average Bonchev–Trinajstić information content (AvgIpc) is 2.75. The molecule has 2 atom stereocenters. The van der Waals surface area contributed by atoms with Crippen molar-refractivity contribution >= 4 is 45.1 Å². The highest BCUT2D eigenvalue weighted by Crippen LogP contribution is 2.42. The number of carboxylic acids is 1. The first-order valence-electron chi connectivity index (χ1n) is 9.65. The molecule has 0 bridgehead atoms. The summed E-state index contributed by atoms with van der Waals surface area (Å²) in [5.74, 6) is -1.43. The molecule has 1 aromatic carbocycles. The predicted octanol–water partition coefficient (Wildman–Crippen LogP) is 4.78. The molecule has 9 heteroatoms. The van der Waals surface area contributed by atoms with Crippen molar-refractivity contribution in [1.82, 2.24) is 9.88 Å². The fraction of sp³-hybridized carbons (Fsp3) is 0.318. The minimum atomic E-state index is -1.01. The number of ether oxygens (including phenoxy) is 1. The van der Waals surface area contributed by atoms with Crippen molar-refractivity contribution in [1.29, 1.82) is 0 Å². The Balaban J connectivity index is 1.82. The minimum Gasteiger partial charge on any atom is -0.478 e. The van der Waals surface area contributed by atoms with Crippen LogP contribution in [0.15, 0.2) is 59.3 Å². The number of piperidine rings is 1. The normalized spacial score (nSPS) is 19.2. The number of halogens is 1. The molecule has 1 aromatic heterocycles. The summed E-state index contributed by atoms with van der Waals surface area (Å²) in [4.78, 5) is 30.5. The van der Waals surface area contributed by atoms with Gasteiger partial charge in [-0.2, -0.15) is 0 Å². The third kappa shape index (κ3) is 6.04. The van der Waals surface area contributed by atoms with Crippen LogP contribution in [0.2, 0.25) is 5.02 Å². The van der Waals surface area contributed by atoms with E-state index in [0.717, 1.165) is 16.2 Å². The number of methoxy groups -OCH3 is 1. The van der Waals surface area contributed by atoms with E-state index in [0.29, 0.717) is 30.1 Å². The molecule has 1 aliphatic heterocycles. The van der Waals surface area contributed by atoms with Crippen LogP contribution in [-0.2, 0) is 14.3 Å². The van der Waals surface area contributed by atoms with Crippen molar-refractivity contribution in [2.75, 3.05) is 20.2 Å². The molecular weight excluding hydrogens is 456 g/mol. The maximum absolute atomic E-state index is 12.6. The number of aromatic nitrogens is 1. The van der Waals surface area contributed by atoms with Gasteiger partial charge in [0.2, 0.25) is 0 Å². The Labute approximate surface area is 194 Å². The number of likely N-dealkylation sites (tertiary alicyclic amines) is 1. The minimum absolute atomic E-state index is 0.0108. The highest BCUT2D eigenvalue weighted by molar-refractivity contribution is 8.77. The number of aryl methyl sites for hydroxylation is 1. The number of benzene rings is 1. The fourth-order valence-electron chi connectivity index (χ4n) is 3.45. The smallest absolute Gasteiger partial charge is 0.328 e. The number of carbonyl (C=O) groups is 2. The van der Waals surface area contributed by atoms with E-state index in [1.54, 1.807) is 46.0 Å². The summed E-state index contributed by atoms with van der Waals surface area (Å²) in [6.07, 6.45) is 3.67. The Bertz CT molecular complexity index is 985. The van der Waals surface area contributed by atoms with Gasteiger partial charge in [0, 0.05) is 35.6 Å². The molecule has 2 heterocycles. The summed E-state index contributed by atoms with van der Waals surface area (Å²) < 4.78 is 5.04. The Morgan fingerprint density at radius 1 is 1.32 bits per heavy atom. The van der Waals surface area contributed by atoms with Crippen LogP contribution in [0.5, 0.6) is 0 Å². The lowest BCUT2D eigenvalue weighted by Crippen LogP contribution is -2.42. The van der Waals surface area contributed by atoms with Crippen molar-refractivity contribution in [3.05, 3.63) is 70.4 Å². The van der Waals surface area contributed by atoms with Crippen LogP contribution >= 0.6 is 33.2 Å². The van der Waals surface area contributed by atoms with Crippen LogP contribution in [0.4, 0.5) is 0 Å². The number of hydrogen-bond acceptors (Lipinski definition) is 7. The van der Waals surface area contributed by atoms with Crippen LogP contribution in [0.25, 0.3) is 0 Å². The number of rotatable bonds is 7. The van der Waals surface area contributed by atoms with Gasteiger partial charge in [-0.05, 0) is 53.0 Å². The summed E-state index contributed by atoms with van der Waals surface area (Å²) in [7, 11) is 4.48. The van der Waals surface area contributed by atoms with E-state index < -0.39 is 18.0 Å². The van der Waals surface area contributed by atoms with Crippen LogP contribution in [0, 0.1) is 6.92 Å². The zero-order valence-corrected chi connectivity index (χ0v) is 19.5. The van der Waals surface area contributed by atoms with E-state index >= 15 is 0 Å². The first kappa shape index (κ1) is 23.7. The summed E-state index contributed by atoms with van der Waals surface area (Å²) in [6.45, 7) is 2.93. The number of pyridine rings is 1. The SMILES string of the molecule is COC(=O)C(c1ccccc1Cl)N1CCC(SSc2ncccc2C)/C(=C\C(=O)O)C1. The van der Waals surface area contributed by atoms with Gasteiger partial charge in [-0.1, -0.05) is 46.7 Å². The van der Waals surface area contributed by atoms with E-state index in [-0.39, 0.29) is 5.25 Å². The molecule has 164 valence electrons. The van der Waals surface area contributed by atoms with Gasteiger partial charge < -0.3 is 9.84 Å². The van der Waals surface area contributed by atoms with Crippen LogP contribution < -0.4 is 0 Å². The molecule has 1 fully saturated rings. The third-order valence-electron chi connectivity index (χ3n) is 4.98. The van der Waals surface area contributed by atoms with Crippen molar-refractivity contribution in [2.24, 2.45) is 0 Å². The van der Waals surface area contributed by atoms with E-state index in [2.05, 4.69) is 4.98 Å². The molecule has 0 amide bonds. The van der Waals surface area contributed by atoms with E-state index in [4.69, 9.17) is 16.3 Å². The zero-order chi connectivity index (χ0) is 22.4. The summed E-state index contributed by atoms with van der Waals surface area (Å²) in [6, 6.07) is 10.3. The van der Waals surface area contributed by atoms with E-state index in [1.165, 1.54) is 13.2 Å². The molecule has 1 aliphatic rings. The Kier molecular flexibility index (Phi) is 8.43. The monoisotopic (exact) mass is 478 g/mol. The van der Waals surface area contributed by atoms with Crippen molar-refractivity contribution in [2.45, 2.75) is 29.7 Å². The topological polar surface area (TPSA) is 79.7 Å². The second-order valence-electron chi connectivity index (χ2n) is 7.06. The fourth-order valence-corrected chi connectivity index (χ4v) is 6.48. The Morgan fingerprint density at radius 3 is 2.77 bits per heavy atom. The second-order valence-corrected chi connectivity index (χ2v) is 9.86. The lowest BCUT2D eigenvalue weighted by atomic mass is 9.98. The molecule has 0 saturated carbocycles. The second kappa shape index (κ2) is 11.0. The van der Waals surface area contributed by atoms with Gasteiger partial charge in [-0.25, -0.2) is 14.6 Å². The van der Waals surface area contributed by atoms with Gasteiger partial charge in [0.05, 0.1) is 7.11 Å². The largest absolute Gasteiger partial charge is 0.478 e. The molecule has 2 aromatic rings. The predicted molar refractivity (Wildman–Crippen MR) is 124 cm³/mol.